The molecule has 1 aliphatic heterocycles. The summed E-state index contributed by atoms with van der Waals surface area (Å²) in [6.45, 7) is 2.53. The molecule has 2 heterocycles. The molecule has 130 valence electrons. The number of nitrogens with one attached hydrogen (secondary N) is 1. The molecule has 4 rings (SSSR count). The zero-order valence-corrected chi connectivity index (χ0v) is 14.3. The van der Waals surface area contributed by atoms with Crippen LogP contribution in [0.3, 0.4) is 0 Å². The zero-order chi connectivity index (χ0) is 18.1. The maximum Gasteiger partial charge on any atom is 0.255 e. The van der Waals surface area contributed by atoms with Crippen LogP contribution in [0.1, 0.15) is 21.6 Å². The summed E-state index contributed by atoms with van der Waals surface area (Å²) in [6, 6.07) is 13.7. The number of ether oxygens (including phenoxy) is 1. The number of carbonyl (C=O) groups is 1. The predicted molar refractivity (Wildman–Crippen MR) is 98.0 cm³/mol. The third-order valence-electron chi connectivity index (χ3n) is 4.35. The fourth-order valence-corrected chi connectivity index (χ4v) is 3.00. The second kappa shape index (κ2) is 6.59. The smallest absolute Gasteiger partial charge is 0.255 e. The molecular formula is C21H17FN2O2. The van der Waals surface area contributed by atoms with Crippen LogP contribution in [0.2, 0.25) is 0 Å². The minimum Gasteiger partial charge on any atom is -0.493 e. The van der Waals surface area contributed by atoms with E-state index in [0.717, 1.165) is 29.0 Å². The molecule has 0 aliphatic carbocycles. The van der Waals surface area contributed by atoms with E-state index in [9.17, 15) is 9.18 Å². The summed E-state index contributed by atoms with van der Waals surface area (Å²) in [7, 11) is 0. The van der Waals surface area contributed by atoms with Crippen LogP contribution in [0.25, 0.3) is 11.1 Å². The zero-order valence-electron chi connectivity index (χ0n) is 14.3. The highest BCUT2D eigenvalue weighted by Crippen LogP contribution is 2.31. The fraction of sp³-hybridized carbons (Fsp3) is 0.143. The van der Waals surface area contributed by atoms with Gasteiger partial charge in [0.25, 0.3) is 5.91 Å². The van der Waals surface area contributed by atoms with Gasteiger partial charge in [0.15, 0.2) is 0 Å². The number of aryl methyl sites for hydroxylation is 1. The third kappa shape index (κ3) is 3.28. The fourth-order valence-electron chi connectivity index (χ4n) is 3.00. The van der Waals surface area contributed by atoms with E-state index in [1.54, 1.807) is 24.4 Å². The summed E-state index contributed by atoms with van der Waals surface area (Å²) in [4.78, 5) is 16.6. The molecule has 0 saturated carbocycles. The van der Waals surface area contributed by atoms with Crippen molar-refractivity contribution < 1.29 is 13.9 Å². The maximum atomic E-state index is 14.1. The topological polar surface area (TPSA) is 51.2 Å². The molecule has 5 heteroatoms. The first-order valence-electron chi connectivity index (χ1n) is 8.39. The van der Waals surface area contributed by atoms with Crippen LogP contribution in [-0.2, 0) is 6.42 Å². The number of carbonyl (C=O) groups excluding carboxylic acids is 1. The molecule has 0 spiro atoms. The van der Waals surface area contributed by atoms with Gasteiger partial charge in [-0.2, -0.15) is 0 Å². The van der Waals surface area contributed by atoms with Crippen LogP contribution in [-0.4, -0.2) is 17.5 Å². The molecule has 0 saturated heterocycles. The van der Waals surface area contributed by atoms with E-state index in [-0.39, 0.29) is 11.5 Å². The highest BCUT2D eigenvalue weighted by Gasteiger charge is 2.15. The first-order chi connectivity index (χ1) is 12.6. The van der Waals surface area contributed by atoms with E-state index in [2.05, 4.69) is 10.3 Å². The molecule has 1 aromatic heterocycles. The lowest BCUT2D eigenvalue weighted by molar-refractivity contribution is 0.102. The number of fused-ring (bicyclic) bond motifs is 1. The van der Waals surface area contributed by atoms with Crippen molar-refractivity contribution >= 4 is 11.6 Å². The van der Waals surface area contributed by atoms with Crippen LogP contribution in [0.5, 0.6) is 5.75 Å². The number of hydrogen-bond acceptors (Lipinski definition) is 3. The minimum atomic E-state index is -0.452. The Morgan fingerprint density at radius 1 is 1.12 bits per heavy atom. The van der Waals surface area contributed by atoms with Crippen molar-refractivity contribution in [2.24, 2.45) is 0 Å². The Kier molecular flexibility index (Phi) is 4.13. The van der Waals surface area contributed by atoms with E-state index >= 15 is 0 Å². The molecule has 0 radical (unpaired) electrons. The van der Waals surface area contributed by atoms with Crippen molar-refractivity contribution in [2.45, 2.75) is 13.3 Å². The lowest BCUT2D eigenvalue weighted by atomic mass is 9.99. The van der Waals surface area contributed by atoms with Crippen LogP contribution in [0, 0.1) is 12.7 Å². The van der Waals surface area contributed by atoms with Crippen molar-refractivity contribution in [3.05, 3.63) is 77.4 Å². The Morgan fingerprint density at radius 2 is 2.00 bits per heavy atom. The molecule has 0 unspecified atom stereocenters. The summed E-state index contributed by atoms with van der Waals surface area (Å²) in [5.74, 6) is 0.0438. The van der Waals surface area contributed by atoms with Gasteiger partial charge in [0.05, 0.1) is 18.5 Å². The van der Waals surface area contributed by atoms with Gasteiger partial charge in [-0.25, -0.2) is 4.39 Å². The SMILES string of the molecule is Cc1ccc(NC(=O)c2cc(F)cc(-c3ccc4c(c3)CCO4)c2)cn1. The first-order valence-corrected chi connectivity index (χ1v) is 8.39. The predicted octanol–water partition coefficient (Wildman–Crippen LogP) is 4.38. The molecule has 2 aromatic carbocycles. The number of amides is 1. The molecule has 3 aromatic rings. The molecule has 0 atom stereocenters. The third-order valence-corrected chi connectivity index (χ3v) is 4.35. The monoisotopic (exact) mass is 348 g/mol. The van der Waals surface area contributed by atoms with Crippen molar-refractivity contribution in [3.8, 4) is 16.9 Å². The molecule has 26 heavy (non-hydrogen) atoms. The normalized spacial score (nSPS) is 12.4. The number of aromatic nitrogens is 1. The molecule has 0 bridgehead atoms. The number of anilines is 1. The van der Waals surface area contributed by atoms with Gasteiger partial charge in [0.1, 0.15) is 11.6 Å². The number of nitrogens with zero attached hydrogens (tertiary/aromatic N) is 1. The Bertz CT molecular complexity index is 984. The highest BCUT2D eigenvalue weighted by molar-refractivity contribution is 6.04. The average Bonchev–Trinajstić information content (AvgIpc) is 3.11. The standard InChI is InChI=1S/C21H17FN2O2/c1-13-2-4-19(12-23-13)24-21(25)17-9-16(10-18(22)11-17)14-3-5-20-15(8-14)6-7-26-20/h2-5,8-12H,6-7H2,1H3,(H,24,25). The van der Waals surface area contributed by atoms with Gasteiger partial charge in [-0.05, 0) is 66.1 Å². The number of benzene rings is 2. The first kappa shape index (κ1) is 16.3. The van der Waals surface area contributed by atoms with E-state index in [1.807, 2.05) is 25.1 Å². The number of hydrogen-bond donors (Lipinski definition) is 1. The Hall–Kier alpha value is -3.21. The van der Waals surface area contributed by atoms with Gasteiger partial charge in [-0.15, -0.1) is 0 Å². The number of pyridine rings is 1. The van der Waals surface area contributed by atoms with Gasteiger partial charge in [-0.1, -0.05) is 6.07 Å². The van der Waals surface area contributed by atoms with Crippen LogP contribution < -0.4 is 10.1 Å². The van der Waals surface area contributed by atoms with Gasteiger partial charge < -0.3 is 10.1 Å². The second-order valence-electron chi connectivity index (χ2n) is 6.29. The van der Waals surface area contributed by atoms with Gasteiger partial charge in [0.2, 0.25) is 0 Å². The van der Waals surface area contributed by atoms with Gasteiger partial charge in [0, 0.05) is 17.7 Å². The van der Waals surface area contributed by atoms with Gasteiger partial charge >= 0.3 is 0 Å². The molecule has 1 N–H and O–H groups in total. The lowest BCUT2D eigenvalue weighted by Crippen LogP contribution is -2.12. The number of halogens is 1. The maximum absolute atomic E-state index is 14.1. The lowest BCUT2D eigenvalue weighted by Gasteiger charge is -2.09. The number of rotatable bonds is 3. The van der Waals surface area contributed by atoms with Crippen molar-refractivity contribution in [2.75, 3.05) is 11.9 Å². The summed E-state index contributed by atoms with van der Waals surface area (Å²) in [6.07, 6.45) is 2.42. The van der Waals surface area contributed by atoms with Crippen LogP contribution in [0.15, 0.2) is 54.7 Å². The summed E-state index contributed by atoms with van der Waals surface area (Å²) < 4.78 is 19.6. The molecular weight excluding hydrogens is 331 g/mol. The van der Waals surface area contributed by atoms with E-state index in [1.165, 1.54) is 12.1 Å². The molecule has 1 amide bonds. The summed E-state index contributed by atoms with van der Waals surface area (Å²) in [5.41, 5.74) is 4.31. The minimum absolute atomic E-state index is 0.261. The Labute approximate surface area is 150 Å². The quantitative estimate of drug-likeness (QED) is 0.764. The van der Waals surface area contributed by atoms with E-state index in [0.29, 0.717) is 17.9 Å². The van der Waals surface area contributed by atoms with Gasteiger partial charge in [-0.3, -0.25) is 9.78 Å². The second-order valence-corrected chi connectivity index (χ2v) is 6.29. The molecule has 1 aliphatic rings. The Balaban J connectivity index is 1.63. The Morgan fingerprint density at radius 3 is 2.81 bits per heavy atom. The van der Waals surface area contributed by atoms with E-state index in [4.69, 9.17) is 4.74 Å². The largest absolute Gasteiger partial charge is 0.493 e. The summed E-state index contributed by atoms with van der Waals surface area (Å²) >= 11 is 0. The highest BCUT2D eigenvalue weighted by atomic mass is 19.1. The van der Waals surface area contributed by atoms with E-state index < -0.39 is 5.82 Å². The van der Waals surface area contributed by atoms with Crippen molar-refractivity contribution in [3.63, 3.8) is 0 Å². The molecule has 4 nitrogen and oxygen atoms in total. The molecule has 0 fully saturated rings. The van der Waals surface area contributed by atoms with Crippen molar-refractivity contribution in [1.82, 2.24) is 4.98 Å². The van der Waals surface area contributed by atoms with Crippen LogP contribution in [0.4, 0.5) is 10.1 Å². The average molecular weight is 348 g/mol. The van der Waals surface area contributed by atoms with Crippen LogP contribution >= 0.6 is 0 Å². The summed E-state index contributed by atoms with van der Waals surface area (Å²) in [5, 5.41) is 2.74. The van der Waals surface area contributed by atoms with Crippen molar-refractivity contribution in [1.29, 1.82) is 0 Å².